The van der Waals surface area contributed by atoms with Crippen LogP contribution < -0.4 is 11.1 Å². The highest BCUT2D eigenvalue weighted by molar-refractivity contribution is 9.10. The number of nitrogens with two attached hydrogens (primary N) is 1. The number of hydrogen-bond acceptors (Lipinski definition) is 4. The summed E-state index contributed by atoms with van der Waals surface area (Å²) < 4.78 is 0.627. The van der Waals surface area contributed by atoms with Crippen molar-refractivity contribution in [3.05, 3.63) is 22.7 Å². The van der Waals surface area contributed by atoms with Crippen LogP contribution in [0.4, 0.5) is 16.2 Å². The Morgan fingerprint density at radius 1 is 1.45 bits per heavy atom. The lowest BCUT2D eigenvalue weighted by atomic mass is 10.3. The highest BCUT2D eigenvalue weighted by Crippen LogP contribution is 2.24. The van der Waals surface area contributed by atoms with E-state index in [1.54, 1.807) is 18.2 Å². The molecule has 7 nitrogen and oxygen atoms in total. The minimum Gasteiger partial charge on any atom is -0.399 e. The zero-order valence-electron chi connectivity index (χ0n) is 10.7. The summed E-state index contributed by atoms with van der Waals surface area (Å²) >= 11 is 3.27. The summed E-state index contributed by atoms with van der Waals surface area (Å²) in [6.07, 6.45) is 0. The number of urea groups is 1. The van der Waals surface area contributed by atoms with Crippen LogP contribution in [-0.4, -0.2) is 47.8 Å². The van der Waals surface area contributed by atoms with Crippen molar-refractivity contribution in [3.63, 3.8) is 0 Å². The molecule has 2 rings (SSSR count). The van der Waals surface area contributed by atoms with E-state index in [0.29, 0.717) is 15.8 Å². The second-order valence-corrected chi connectivity index (χ2v) is 5.26. The van der Waals surface area contributed by atoms with Crippen LogP contribution in [0.5, 0.6) is 0 Å². The van der Waals surface area contributed by atoms with Gasteiger partial charge in [0.15, 0.2) is 0 Å². The van der Waals surface area contributed by atoms with Gasteiger partial charge in [-0.25, -0.2) is 4.79 Å². The molecule has 0 atom stereocenters. The van der Waals surface area contributed by atoms with Gasteiger partial charge in [0.2, 0.25) is 5.91 Å². The molecular weight excluding hydrogens is 328 g/mol. The molecule has 0 spiro atoms. The summed E-state index contributed by atoms with van der Waals surface area (Å²) in [6.45, 7) is -0.309. The van der Waals surface area contributed by atoms with E-state index in [0.717, 1.165) is 4.90 Å². The van der Waals surface area contributed by atoms with Crippen molar-refractivity contribution in [2.45, 2.75) is 0 Å². The number of anilines is 2. The second kappa shape index (κ2) is 5.49. The molecule has 3 N–H and O–H groups in total. The molecule has 1 aromatic carbocycles. The fourth-order valence-electron chi connectivity index (χ4n) is 1.79. The van der Waals surface area contributed by atoms with E-state index in [9.17, 15) is 14.4 Å². The van der Waals surface area contributed by atoms with Gasteiger partial charge in [0.05, 0.1) is 5.69 Å². The number of benzene rings is 1. The lowest BCUT2D eigenvalue weighted by molar-refractivity contribution is -0.129. The van der Waals surface area contributed by atoms with Crippen molar-refractivity contribution in [1.29, 1.82) is 0 Å². The van der Waals surface area contributed by atoms with E-state index in [1.807, 2.05) is 0 Å². The SMILES string of the molecule is CN1CC(=O)N(CC(=O)Nc2ccc(N)cc2Br)C1=O. The second-order valence-electron chi connectivity index (χ2n) is 4.41. The smallest absolute Gasteiger partial charge is 0.327 e. The molecule has 1 aromatic rings. The van der Waals surface area contributed by atoms with Gasteiger partial charge in [-0.15, -0.1) is 0 Å². The molecular formula is C12H13BrN4O3. The van der Waals surface area contributed by atoms with Gasteiger partial charge in [-0.05, 0) is 34.1 Å². The quantitative estimate of drug-likeness (QED) is 0.630. The van der Waals surface area contributed by atoms with Crippen molar-refractivity contribution in [1.82, 2.24) is 9.80 Å². The maximum Gasteiger partial charge on any atom is 0.327 e. The highest BCUT2D eigenvalue weighted by atomic mass is 79.9. The number of amides is 4. The average Bonchev–Trinajstić information content (AvgIpc) is 2.60. The van der Waals surface area contributed by atoms with Crippen molar-refractivity contribution in [2.24, 2.45) is 0 Å². The van der Waals surface area contributed by atoms with E-state index < -0.39 is 11.9 Å². The molecule has 0 saturated carbocycles. The van der Waals surface area contributed by atoms with Crippen molar-refractivity contribution in [2.75, 3.05) is 31.2 Å². The van der Waals surface area contributed by atoms with Crippen molar-refractivity contribution in [3.8, 4) is 0 Å². The van der Waals surface area contributed by atoms with Gasteiger partial charge in [0.25, 0.3) is 5.91 Å². The molecule has 1 aliphatic heterocycles. The van der Waals surface area contributed by atoms with E-state index in [-0.39, 0.29) is 19.0 Å². The van der Waals surface area contributed by atoms with E-state index in [2.05, 4.69) is 21.2 Å². The average molecular weight is 341 g/mol. The van der Waals surface area contributed by atoms with E-state index >= 15 is 0 Å². The standard InChI is InChI=1S/C12H13BrN4O3/c1-16-6-11(19)17(12(16)20)5-10(18)15-9-3-2-7(14)4-8(9)13/h2-4H,5-6,14H2,1H3,(H,15,18). The number of likely N-dealkylation sites (N-methyl/N-ethyl adjacent to an activating group) is 1. The highest BCUT2D eigenvalue weighted by Gasteiger charge is 2.34. The summed E-state index contributed by atoms with van der Waals surface area (Å²) in [5.41, 5.74) is 6.68. The van der Waals surface area contributed by atoms with Gasteiger partial charge >= 0.3 is 6.03 Å². The number of rotatable bonds is 3. The Labute approximate surface area is 123 Å². The monoisotopic (exact) mass is 340 g/mol. The maximum absolute atomic E-state index is 11.9. The Morgan fingerprint density at radius 3 is 2.70 bits per heavy atom. The first kappa shape index (κ1) is 14.3. The summed E-state index contributed by atoms with van der Waals surface area (Å²) in [5, 5.41) is 2.61. The van der Waals surface area contributed by atoms with Crippen LogP contribution in [0.15, 0.2) is 22.7 Å². The zero-order valence-corrected chi connectivity index (χ0v) is 12.3. The molecule has 106 valence electrons. The summed E-state index contributed by atoms with van der Waals surface area (Å²) in [6, 6.07) is 4.45. The number of halogens is 1. The molecule has 0 bridgehead atoms. The number of carbonyl (C=O) groups excluding carboxylic acids is 3. The molecule has 0 aromatic heterocycles. The van der Waals surface area contributed by atoms with Crippen LogP contribution in [0.2, 0.25) is 0 Å². The van der Waals surface area contributed by atoms with Crippen LogP contribution in [0.25, 0.3) is 0 Å². The number of nitrogens with zero attached hydrogens (tertiary/aromatic N) is 2. The Kier molecular flexibility index (Phi) is 3.93. The van der Waals surface area contributed by atoms with E-state index in [4.69, 9.17) is 5.73 Å². The first-order valence-corrected chi connectivity index (χ1v) is 6.58. The van der Waals surface area contributed by atoms with Crippen LogP contribution in [-0.2, 0) is 9.59 Å². The normalized spacial score (nSPS) is 14.9. The topological polar surface area (TPSA) is 95.7 Å². The molecule has 0 aliphatic carbocycles. The van der Waals surface area contributed by atoms with Gasteiger partial charge in [0, 0.05) is 17.2 Å². The predicted molar refractivity (Wildman–Crippen MR) is 76.9 cm³/mol. The number of nitrogen functional groups attached to an aromatic ring is 1. The van der Waals surface area contributed by atoms with Gasteiger partial charge in [-0.2, -0.15) is 0 Å². The van der Waals surface area contributed by atoms with Crippen LogP contribution in [0.1, 0.15) is 0 Å². The Bertz CT molecular complexity index is 590. The third-order valence-corrected chi connectivity index (χ3v) is 3.46. The van der Waals surface area contributed by atoms with Crippen LogP contribution >= 0.6 is 15.9 Å². The van der Waals surface area contributed by atoms with Gasteiger partial charge < -0.3 is 16.0 Å². The molecule has 1 aliphatic rings. The Balaban J connectivity index is 2.03. The first-order chi connectivity index (χ1) is 9.38. The maximum atomic E-state index is 11.9. The summed E-state index contributed by atoms with van der Waals surface area (Å²) in [7, 11) is 1.51. The van der Waals surface area contributed by atoms with Gasteiger partial charge in [-0.1, -0.05) is 0 Å². The molecule has 8 heteroatoms. The predicted octanol–water partition coefficient (Wildman–Crippen LogP) is 0.864. The van der Waals surface area contributed by atoms with Crippen LogP contribution in [0.3, 0.4) is 0 Å². The molecule has 1 heterocycles. The van der Waals surface area contributed by atoms with Crippen molar-refractivity contribution < 1.29 is 14.4 Å². The fourth-order valence-corrected chi connectivity index (χ4v) is 2.29. The molecule has 1 saturated heterocycles. The lowest BCUT2D eigenvalue weighted by Gasteiger charge is -2.14. The third-order valence-electron chi connectivity index (χ3n) is 2.80. The van der Waals surface area contributed by atoms with Crippen molar-refractivity contribution >= 4 is 45.2 Å². The van der Waals surface area contributed by atoms with Gasteiger partial charge in [0.1, 0.15) is 13.1 Å². The first-order valence-electron chi connectivity index (χ1n) is 5.79. The molecule has 1 fully saturated rings. The zero-order chi connectivity index (χ0) is 14.9. The number of hydrogen-bond donors (Lipinski definition) is 2. The van der Waals surface area contributed by atoms with E-state index in [1.165, 1.54) is 11.9 Å². The van der Waals surface area contributed by atoms with Gasteiger partial charge in [-0.3, -0.25) is 14.5 Å². The summed E-state index contributed by atoms with van der Waals surface area (Å²) in [5.74, 6) is -0.837. The fraction of sp³-hybridized carbons (Fsp3) is 0.250. The minimum atomic E-state index is -0.471. The number of imide groups is 1. The molecule has 0 radical (unpaired) electrons. The third kappa shape index (κ3) is 2.90. The largest absolute Gasteiger partial charge is 0.399 e. The number of nitrogens with one attached hydrogen (secondary N) is 1. The number of carbonyl (C=O) groups is 3. The van der Waals surface area contributed by atoms with Crippen LogP contribution in [0, 0.1) is 0 Å². The molecule has 4 amide bonds. The Hall–Kier alpha value is -2.09. The lowest BCUT2D eigenvalue weighted by Crippen LogP contribution is -2.38. The Morgan fingerprint density at radius 2 is 2.15 bits per heavy atom. The molecule has 20 heavy (non-hydrogen) atoms. The summed E-state index contributed by atoms with van der Waals surface area (Å²) in [4.78, 5) is 37.2. The molecule has 0 unspecified atom stereocenters. The minimum absolute atomic E-state index is 0.00230.